The van der Waals surface area contributed by atoms with Crippen LogP contribution < -0.4 is 25.6 Å². The van der Waals surface area contributed by atoms with E-state index in [2.05, 4.69) is 41.6 Å². The van der Waals surface area contributed by atoms with Gasteiger partial charge in [-0.1, -0.05) is 74.7 Å². The summed E-state index contributed by atoms with van der Waals surface area (Å²) in [5, 5.41) is 32.2. The lowest BCUT2D eigenvalue weighted by Gasteiger charge is -2.35. The van der Waals surface area contributed by atoms with Crippen molar-refractivity contribution in [2.24, 2.45) is 5.41 Å². The summed E-state index contributed by atoms with van der Waals surface area (Å²) < 4.78 is 59.1. The summed E-state index contributed by atoms with van der Waals surface area (Å²) in [4.78, 5) is 61.3. The maximum absolute atomic E-state index is 17.1. The predicted molar refractivity (Wildman–Crippen MR) is 303 cm³/mol. The van der Waals surface area contributed by atoms with Gasteiger partial charge in [-0.2, -0.15) is 9.97 Å². The lowest BCUT2D eigenvalue weighted by atomic mass is 9.85. The van der Waals surface area contributed by atoms with E-state index in [1.54, 1.807) is 37.3 Å². The average molecular weight is 1130 g/mol. The molecular formula is C61H67ClF3N9O7. The molecule has 7 atom stereocenters. The van der Waals surface area contributed by atoms with Gasteiger partial charge >= 0.3 is 6.01 Å². The van der Waals surface area contributed by atoms with Crippen LogP contribution in [0.2, 0.25) is 5.02 Å². The number of aromatic nitrogens is 3. The van der Waals surface area contributed by atoms with E-state index in [1.807, 2.05) is 20.8 Å². The number of nitrogens with one attached hydrogen (secondary N) is 3. The molecule has 81 heavy (non-hydrogen) atoms. The quantitative estimate of drug-likeness (QED) is 0.0409. The second kappa shape index (κ2) is 24.2. The molecule has 6 aromatic rings. The van der Waals surface area contributed by atoms with Crippen LogP contribution in [-0.4, -0.2) is 142 Å². The number of anilines is 1. The van der Waals surface area contributed by atoms with E-state index >= 15 is 8.78 Å². The van der Waals surface area contributed by atoms with Gasteiger partial charge in [0.1, 0.15) is 53.1 Å². The Morgan fingerprint density at radius 3 is 2.46 bits per heavy atom. The van der Waals surface area contributed by atoms with Gasteiger partial charge in [0, 0.05) is 86.5 Å². The predicted octanol–water partition coefficient (Wildman–Crippen LogP) is 8.22. The van der Waals surface area contributed by atoms with Gasteiger partial charge in [-0.25, -0.2) is 13.2 Å². The number of ether oxygens (including phenoxy) is 2. The number of aliphatic hydroxyl groups excluding tert-OH is 1. The monoisotopic (exact) mass is 1130 g/mol. The van der Waals surface area contributed by atoms with Crippen molar-refractivity contribution < 1.29 is 47.2 Å². The van der Waals surface area contributed by atoms with Gasteiger partial charge < -0.3 is 45.4 Å². The number of terminal acetylenes is 1. The summed E-state index contributed by atoms with van der Waals surface area (Å²) in [6, 6.07) is 14.9. The van der Waals surface area contributed by atoms with Crippen LogP contribution in [-0.2, 0) is 19.1 Å². The summed E-state index contributed by atoms with van der Waals surface area (Å²) >= 11 is 6.28. The number of carbonyl (C=O) groups is 3. The Morgan fingerprint density at radius 2 is 1.73 bits per heavy atom. The molecule has 4 aromatic carbocycles. The molecule has 0 radical (unpaired) electrons. The second-order valence-electron chi connectivity index (χ2n) is 22.8. The van der Waals surface area contributed by atoms with E-state index in [0.717, 1.165) is 37.8 Å². The van der Waals surface area contributed by atoms with Crippen LogP contribution in [0.25, 0.3) is 44.1 Å². The number of phenols is 1. The summed E-state index contributed by atoms with van der Waals surface area (Å²) in [6.45, 7) is 10.7. The minimum atomic E-state index is -1.01. The smallest absolute Gasteiger partial charge is 0.319 e. The minimum absolute atomic E-state index is 0.00222. The van der Waals surface area contributed by atoms with Gasteiger partial charge in [-0.3, -0.25) is 24.3 Å². The summed E-state index contributed by atoms with van der Waals surface area (Å²) in [5.41, 5.74) is 0.703. The number of pyridine rings is 1. The number of piperazine rings is 1. The number of phenolic OH excluding ortho intramolecular Hbond substituents is 1. The molecule has 0 saturated carbocycles. The maximum atomic E-state index is 17.1. The summed E-state index contributed by atoms with van der Waals surface area (Å²) in [5.74, 6) is -0.516. The third-order valence-corrected chi connectivity index (χ3v) is 16.3. The molecule has 5 N–H and O–H groups in total. The highest BCUT2D eigenvalue weighted by molar-refractivity contribution is 6.33. The molecule has 20 heteroatoms. The van der Waals surface area contributed by atoms with E-state index in [1.165, 1.54) is 47.5 Å². The number of likely N-dealkylation sites (tertiary alicyclic amines) is 2. The largest absolute Gasteiger partial charge is 0.508 e. The van der Waals surface area contributed by atoms with Crippen LogP contribution in [0.4, 0.5) is 19.0 Å². The Bertz CT molecular complexity index is 3360. The molecule has 16 nitrogen and oxygen atoms in total. The molecule has 0 spiro atoms. The zero-order valence-corrected chi connectivity index (χ0v) is 46.5. The van der Waals surface area contributed by atoms with Crippen molar-refractivity contribution in [3.63, 3.8) is 0 Å². The van der Waals surface area contributed by atoms with Crippen molar-refractivity contribution in [3.8, 4) is 46.5 Å². The molecule has 426 valence electrons. The SMILES string of the molecule is C#Cc1c(F)ccc2cc(O)cc(-c3ncc4c(N5CC6CCC(C5)N6)nc(OC[C@@H]5CCCN5CCCOCCC(=O)N[C@H](C(=O)N5C[C@H](O)C[C@H]5C(=O)N[C@@H](C)c5ccc(-c6c(F)cccc6Cl)cc5)C(C)(C)C)nc4c3F)c12. The minimum Gasteiger partial charge on any atom is -0.508 e. The first-order valence-corrected chi connectivity index (χ1v) is 28.1. The first kappa shape index (κ1) is 57.2. The van der Waals surface area contributed by atoms with Gasteiger partial charge in [0.05, 0.1) is 34.7 Å². The lowest BCUT2D eigenvalue weighted by molar-refractivity contribution is -0.144. The van der Waals surface area contributed by atoms with Crippen molar-refractivity contribution in [3.05, 3.63) is 107 Å². The van der Waals surface area contributed by atoms with Crippen molar-refractivity contribution in [1.29, 1.82) is 0 Å². The molecule has 4 saturated heterocycles. The number of hydrogen-bond acceptors (Lipinski definition) is 13. The van der Waals surface area contributed by atoms with E-state index in [9.17, 15) is 29.0 Å². The number of fused-ring (bicyclic) bond motifs is 4. The number of aliphatic hydroxyl groups is 1. The Hall–Kier alpha value is -7.08. The van der Waals surface area contributed by atoms with Gasteiger partial charge in [0.25, 0.3) is 0 Å². The molecular weight excluding hydrogens is 1060 g/mol. The molecule has 4 aliphatic heterocycles. The number of amides is 3. The van der Waals surface area contributed by atoms with Crippen molar-refractivity contribution in [1.82, 2.24) is 40.7 Å². The Labute approximate surface area is 473 Å². The normalized spacial score (nSPS) is 20.9. The number of aromatic hydroxyl groups is 1. The molecule has 2 aromatic heterocycles. The zero-order valence-electron chi connectivity index (χ0n) is 45.8. The average Bonchev–Trinajstić information content (AvgIpc) is 4.13. The number of rotatable bonds is 18. The highest BCUT2D eigenvalue weighted by atomic mass is 35.5. The highest BCUT2D eigenvalue weighted by Crippen LogP contribution is 2.40. The molecule has 10 rings (SSSR count). The number of nitrogens with zero attached hydrogens (tertiary/aromatic N) is 6. The Kier molecular flexibility index (Phi) is 17.1. The zero-order chi connectivity index (χ0) is 57.3. The van der Waals surface area contributed by atoms with Gasteiger partial charge in [0.15, 0.2) is 5.82 Å². The van der Waals surface area contributed by atoms with Crippen LogP contribution in [0, 0.1) is 35.2 Å². The van der Waals surface area contributed by atoms with Crippen LogP contribution in [0.1, 0.15) is 89.8 Å². The Balaban J connectivity index is 0.732. The maximum Gasteiger partial charge on any atom is 0.319 e. The van der Waals surface area contributed by atoms with E-state index in [-0.39, 0.29) is 101 Å². The van der Waals surface area contributed by atoms with Gasteiger partial charge in [0.2, 0.25) is 17.7 Å². The van der Waals surface area contributed by atoms with Gasteiger partial charge in [-0.15, -0.1) is 6.42 Å². The van der Waals surface area contributed by atoms with E-state index < -0.39 is 64.8 Å². The molecule has 2 bridgehead atoms. The molecule has 4 aliphatic rings. The first-order chi connectivity index (χ1) is 38.8. The number of hydrogen-bond donors (Lipinski definition) is 5. The fourth-order valence-electron chi connectivity index (χ4n) is 11.9. The van der Waals surface area contributed by atoms with Gasteiger partial charge in [-0.05, 0) is 97.8 Å². The molecule has 4 fully saturated rings. The van der Waals surface area contributed by atoms with E-state index in [0.29, 0.717) is 54.8 Å². The lowest BCUT2D eigenvalue weighted by Crippen LogP contribution is -2.58. The second-order valence-corrected chi connectivity index (χ2v) is 23.2. The number of benzene rings is 4. The van der Waals surface area contributed by atoms with Crippen LogP contribution in [0.3, 0.4) is 0 Å². The van der Waals surface area contributed by atoms with Crippen molar-refractivity contribution in [2.75, 3.05) is 57.4 Å². The molecule has 3 amide bonds. The number of β-amino-alcohol motifs (C(OH)–C–C–N with tert-alkyl or cyclic N) is 1. The third-order valence-electron chi connectivity index (χ3n) is 16.0. The molecule has 0 aliphatic carbocycles. The molecule has 6 heterocycles. The van der Waals surface area contributed by atoms with E-state index in [4.69, 9.17) is 32.5 Å². The Morgan fingerprint density at radius 1 is 0.963 bits per heavy atom. The standard InChI is InChI=1S/C61H67ClF3N9O7/c1-6-43-47(63)20-17-37-26-41(75)27-44(51(37)43)54-53(65)55-45(29-66-54)57(73-30-38-18-19-39(31-73)68-38)71-60(70-55)81-33-40-10-8-22-72(40)23-9-24-80-25-21-50(77)69-56(61(3,4)5)59(79)74-32-42(76)28-49(74)58(78)67-34(2)35-13-15-36(16-14-35)52-46(62)11-7-12-48(52)64/h1,7,11-17,20,26-27,29,34,38-40,42,49,56,68,75-76H,8-10,18-19,21-25,28,30-33H2,2-5H3,(H,67,78)(H,69,77)/t34-,38?,39?,40-,42+,49-,56+/m0/s1. The fourth-order valence-corrected chi connectivity index (χ4v) is 12.2. The van der Waals surface area contributed by atoms with Crippen molar-refractivity contribution >= 4 is 56.8 Å². The number of carbonyl (C=O) groups excluding carboxylic acids is 3. The van der Waals surface area contributed by atoms with Crippen LogP contribution in [0.15, 0.2) is 72.9 Å². The van der Waals surface area contributed by atoms with Crippen LogP contribution in [0.5, 0.6) is 11.8 Å². The molecule has 2 unspecified atom stereocenters. The van der Waals surface area contributed by atoms with Crippen LogP contribution >= 0.6 is 11.6 Å². The highest BCUT2D eigenvalue weighted by Gasteiger charge is 2.45. The first-order valence-electron chi connectivity index (χ1n) is 27.7. The fraction of sp³-hybridized carbons (Fsp3) is 0.443. The summed E-state index contributed by atoms with van der Waals surface area (Å²) in [7, 11) is 0. The third kappa shape index (κ3) is 12.4. The number of halogens is 4. The topological polar surface area (TPSA) is 195 Å². The van der Waals surface area contributed by atoms with Crippen molar-refractivity contribution in [2.45, 2.75) is 115 Å². The summed E-state index contributed by atoms with van der Waals surface area (Å²) in [6.07, 6.45) is 10.8.